The predicted molar refractivity (Wildman–Crippen MR) is 84.1 cm³/mol. The van der Waals surface area contributed by atoms with E-state index in [1.165, 1.54) is 0 Å². The minimum Gasteiger partial charge on any atom is -0.496 e. The molecule has 0 saturated heterocycles. The molecule has 21 heavy (non-hydrogen) atoms. The average Bonchev–Trinajstić information content (AvgIpc) is 2.43. The third kappa shape index (κ3) is 3.05. The number of nitrogens with one attached hydrogen (secondary N) is 1. The van der Waals surface area contributed by atoms with Gasteiger partial charge in [0.25, 0.3) is 5.91 Å². The molecule has 0 bridgehead atoms. The van der Waals surface area contributed by atoms with Crippen LogP contribution in [-0.4, -0.2) is 18.0 Å². The number of anilines is 1. The van der Waals surface area contributed by atoms with E-state index in [2.05, 4.69) is 10.3 Å². The Morgan fingerprint density at radius 1 is 1.14 bits per heavy atom. The van der Waals surface area contributed by atoms with Crippen LogP contribution in [-0.2, 0) is 0 Å². The number of benzene rings is 1. The summed E-state index contributed by atoms with van der Waals surface area (Å²) < 4.78 is 5.39. The minimum absolute atomic E-state index is 0.119. The summed E-state index contributed by atoms with van der Waals surface area (Å²) in [6.07, 6.45) is 1.68. The molecule has 1 aromatic heterocycles. The van der Waals surface area contributed by atoms with Crippen molar-refractivity contribution in [3.63, 3.8) is 0 Å². The number of pyridine rings is 1. The van der Waals surface area contributed by atoms with Crippen LogP contribution in [0.4, 0.5) is 5.69 Å². The number of hydrogen-bond acceptors (Lipinski definition) is 3. The zero-order valence-corrected chi connectivity index (χ0v) is 13.1. The molecule has 4 heteroatoms. The first-order chi connectivity index (χ1) is 9.93. The van der Waals surface area contributed by atoms with E-state index in [1.807, 2.05) is 39.8 Å². The second kappa shape index (κ2) is 5.95. The summed E-state index contributed by atoms with van der Waals surface area (Å²) in [6.45, 7) is 7.74. The van der Waals surface area contributed by atoms with Crippen molar-refractivity contribution in [3.05, 3.63) is 52.3 Å². The molecule has 0 spiro atoms. The minimum atomic E-state index is -0.119. The summed E-state index contributed by atoms with van der Waals surface area (Å²) in [5.41, 5.74) is 5.16. The molecule has 2 aromatic rings. The van der Waals surface area contributed by atoms with Crippen molar-refractivity contribution >= 4 is 11.6 Å². The molecule has 110 valence electrons. The second-order valence-corrected chi connectivity index (χ2v) is 5.16. The number of amides is 1. The third-order valence-electron chi connectivity index (χ3n) is 3.63. The van der Waals surface area contributed by atoms with Gasteiger partial charge >= 0.3 is 0 Å². The van der Waals surface area contributed by atoms with E-state index in [4.69, 9.17) is 4.74 Å². The monoisotopic (exact) mass is 284 g/mol. The summed E-state index contributed by atoms with van der Waals surface area (Å²) >= 11 is 0. The van der Waals surface area contributed by atoms with E-state index in [-0.39, 0.29) is 5.91 Å². The summed E-state index contributed by atoms with van der Waals surface area (Å²) in [7, 11) is 1.65. The van der Waals surface area contributed by atoms with Gasteiger partial charge in [0.1, 0.15) is 5.75 Å². The fraction of sp³-hybridized carbons (Fsp3) is 0.294. The second-order valence-electron chi connectivity index (χ2n) is 5.16. The van der Waals surface area contributed by atoms with Crippen molar-refractivity contribution in [2.24, 2.45) is 0 Å². The van der Waals surface area contributed by atoms with Crippen LogP contribution < -0.4 is 10.1 Å². The van der Waals surface area contributed by atoms with E-state index in [0.717, 1.165) is 33.8 Å². The van der Waals surface area contributed by atoms with Gasteiger partial charge in [-0.2, -0.15) is 0 Å². The standard InChI is InChI=1S/C17H20N2O2/c1-10-8-15(12(3)13(4)16(10)21-5)17(20)19-14-6-7-18-11(2)9-14/h6-9H,1-5H3,(H,18,19,20). The molecule has 0 fully saturated rings. The van der Waals surface area contributed by atoms with E-state index in [1.54, 1.807) is 19.4 Å². The highest BCUT2D eigenvalue weighted by atomic mass is 16.5. The molecule has 0 aliphatic carbocycles. The average molecular weight is 284 g/mol. The molecule has 0 radical (unpaired) electrons. The Hall–Kier alpha value is -2.36. The number of carbonyl (C=O) groups is 1. The largest absolute Gasteiger partial charge is 0.496 e. The van der Waals surface area contributed by atoms with Gasteiger partial charge in [-0.15, -0.1) is 0 Å². The van der Waals surface area contributed by atoms with Gasteiger partial charge in [0, 0.05) is 23.1 Å². The van der Waals surface area contributed by atoms with Gasteiger partial charge in [0.15, 0.2) is 0 Å². The molecule has 2 rings (SSSR count). The van der Waals surface area contributed by atoms with E-state index >= 15 is 0 Å². The Morgan fingerprint density at radius 2 is 1.86 bits per heavy atom. The lowest BCUT2D eigenvalue weighted by Crippen LogP contribution is -2.15. The molecule has 1 aromatic carbocycles. The lowest BCUT2D eigenvalue weighted by molar-refractivity contribution is 0.102. The van der Waals surface area contributed by atoms with Crippen molar-refractivity contribution in [2.45, 2.75) is 27.7 Å². The number of ether oxygens (including phenoxy) is 1. The van der Waals surface area contributed by atoms with Crippen molar-refractivity contribution in [3.8, 4) is 5.75 Å². The van der Waals surface area contributed by atoms with Gasteiger partial charge in [-0.05, 0) is 62.6 Å². The summed E-state index contributed by atoms with van der Waals surface area (Å²) in [5, 5.41) is 2.91. The first-order valence-electron chi connectivity index (χ1n) is 6.83. The fourth-order valence-electron chi connectivity index (χ4n) is 2.43. The maximum Gasteiger partial charge on any atom is 0.255 e. The number of rotatable bonds is 3. The summed E-state index contributed by atoms with van der Waals surface area (Å²) in [5.74, 6) is 0.718. The molecule has 1 amide bonds. The highest BCUT2D eigenvalue weighted by Crippen LogP contribution is 2.29. The Kier molecular flexibility index (Phi) is 4.26. The zero-order valence-electron chi connectivity index (χ0n) is 13.1. The highest BCUT2D eigenvalue weighted by Gasteiger charge is 2.16. The molecular weight excluding hydrogens is 264 g/mol. The molecule has 1 heterocycles. The van der Waals surface area contributed by atoms with Crippen molar-refractivity contribution in [1.29, 1.82) is 0 Å². The topological polar surface area (TPSA) is 51.2 Å². The van der Waals surface area contributed by atoms with Crippen LogP contribution in [0.5, 0.6) is 5.75 Å². The molecule has 0 aliphatic heterocycles. The van der Waals surface area contributed by atoms with Crippen LogP contribution in [0.1, 0.15) is 32.7 Å². The Labute approximate surface area is 125 Å². The lowest BCUT2D eigenvalue weighted by Gasteiger charge is -2.15. The molecular formula is C17H20N2O2. The van der Waals surface area contributed by atoms with E-state index in [0.29, 0.717) is 5.56 Å². The van der Waals surface area contributed by atoms with Gasteiger partial charge in [-0.1, -0.05) is 0 Å². The van der Waals surface area contributed by atoms with Crippen LogP contribution in [0.25, 0.3) is 0 Å². The number of nitrogens with zero attached hydrogens (tertiary/aromatic N) is 1. The number of aryl methyl sites for hydroxylation is 2. The van der Waals surface area contributed by atoms with Gasteiger partial charge in [0.2, 0.25) is 0 Å². The van der Waals surface area contributed by atoms with Crippen molar-refractivity contribution in [2.75, 3.05) is 12.4 Å². The number of hydrogen-bond donors (Lipinski definition) is 1. The molecule has 0 aliphatic rings. The summed E-state index contributed by atoms with van der Waals surface area (Å²) in [6, 6.07) is 5.49. The quantitative estimate of drug-likeness (QED) is 0.937. The van der Waals surface area contributed by atoms with Crippen LogP contribution in [0.3, 0.4) is 0 Å². The van der Waals surface area contributed by atoms with Gasteiger partial charge in [-0.3, -0.25) is 9.78 Å². The molecule has 0 atom stereocenters. The van der Waals surface area contributed by atoms with Gasteiger partial charge < -0.3 is 10.1 Å². The molecule has 0 saturated carbocycles. The van der Waals surface area contributed by atoms with E-state index < -0.39 is 0 Å². The fourth-order valence-corrected chi connectivity index (χ4v) is 2.43. The highest BCUT2D eigenvalue weighted by molar-refractivity contribution is 6.05. The Morgan fingerprint density at radius 3 is 2.48 bits per heavy atom. The number of methoxy groups -OCH3 is 1. The van der Waals surface area contributed by atoms with E-state index in [9.17, 15) is 4.79 Å². The van der Waals surface area contributed by atoms with Crippen molar-refractivity contribution < 1.29 is 9.53 Å². The smallest absolute Gasteiger partial charge is 0.255 e. The maximum atomic E-state index is 12.5. The first kappa shape index (κ1) is 15.0. The van der Waals surface area contributed by atoms with Crippen LogP contribution >= 0.6 is 0 Å². The molecule has 0 unspecified atom stereocenters. The first-order valence-corrected chi connectivity index (χ1v) is 6.83. The Balaban J connectivity index is 2.36. The third-order valence-corrected chi connectivity index (χ3v) is 3.63. The summed E-state index contributed by atoms with van der Waals surface area (Å²) in [4.78, 5) is 16.6. The molecule has 1 N–H and O–H groups in total. The zero-order chi connectivity index (χ0) is 15.6. The van der Waals surface area contributed by atoms with Gasteiger partial charge in [-0.25, -0.2) is 0 Å². The predicted octanol–water partition coefficient (Wildman–Crippen LogP) is 3.58. The number of aromatic nitrogens is 1. The van der Waals surface area contributed by atoms with Crippen molar-refractivity contribution in [1.82, 2.24) is 4.98 Å². The maximum absolute atomic E-state index is 12.5. The Bertz CT molecular complexity index is 693. The molecule has 4 nitrogen and oxygen atoms in total. The lowest BCUT2D eigenvalue weighted by atomic mass is 9.98. The normalized spacial score (nSPS) is 10.3. The van der Waals surface area contributed by atoms with Crippen LogP contribution in [0, 0.1) is 27.7 Å². The number of carbonyl (C=O) groups excluding carboxylic acids is 1. The van der Waals surface area contributed by atoms with Gasteiger partial charge in [0.05, 0.1) is 7.11 Å². The SMILES string of the molecule is COc1c(C)cc(C(=O)Nc2ccnc(C)c2)c(C)c1C. The van der Waals surface area contributed by atoms with Crippen LogP contribution in [0.2, 0.25) is 0 Å². The van der Waals surface area contributed by atoms with Crippen LogP contribution in [0.15, 0.2) is 24.4 Å².